The van der Waals surface area contributed by atoms with Gasteiger partial charge in [0.25, 0.3) is 0 Å². The Kier molecular flexibility index (Phi) is 4.71. The standard InChI is InChI=1S/C18H17ClN2O3/c1-24-16-7-6-14(19)10-15(16)20-17(22)18(23)21-9-8-12-4-2-3-5-13(12)11-21/h2-7,10H,8-9,11H2,1H3,(H,20,22). The highest BCUT2D eigenvalue weighted by Crippen LogP contribution is 2.28. The van der Waals surface area contributed by atoms with Gasteiger partial charge in [-0.15, -0.1) is 0 Å². The smallest absolute Gasteiger partial charge is 0.314 e. The number of hydrogen-bond donors (Lipinski definition) is 1. The lowest BCUT2D eigenvalue weighted by Gasteiger charge is -2.28. The van der Waals surface area contributed by atoms with Gasteiger partial charge < -0.3 is 15.0 Å². The zero-order valence-corrected chi connectivity index (χ0v) is 14.0. The quantitative estimate of drug-likeness (QED) is 0.852. The molecule has 1 heterocycles. The molecule has 0 radical (unpaired) electrons. The Morgan fingerprint density at radius 2 is 1.92 bits per heavy atom. The van der Waals surface area contributed by atoms with Gasteiger partial charge in [0, 0.05) is 18.1 Å². The molecule has 1 N–H and O–H groups in total. The Bertz CT molecular complexity index is 792. The fourth-order valence-electron chi connectivity index (χ4n) is 2.77. The molecule has 2 aromatic rings. The Labute approximate surface area is 145 Å². The highest BCUT2D eigenvalue weighted by Gasteiger charge is 2.26. The third-order valence-corrected chi connectivity index (χ3v) is 4.26. The van der Waals surface area contributed by atoms with E-state index >= 15 is 0 Å². The second kappa shape index (κ2) is 6.93. The Morgan fingerprint density at radius 1 is 1.17 bits per heavy atom. The van der Waals surface area contributed by atoms with Gasteiger partial charge in [0.2, 0.25) is 0 Å². The van der Waals surface area contributed by atoms with Crippen molar-refractivity contribution in [3.05, 3.63) is 58.6 Å². The summed E-state index contributed by atoms with van der Waals surface area (Å²) in [6.07, 6.45) is 0.746. The number of nitrogens with zero attached hydrogens (tertiary/aromatic N) is 1. The van der Waals surface area contributed by atoms with Crippen molar-refractivity contribution < 1.29 is 14.3 Å². The molecule has 0 saturated heterocycles. The number of ether oxygens (including phenoxy) is 1. The summed E-state index contributed by atoms with van der Waals surface area (Å²) in [6.45, 7) is 0.963. The second-order valence-corrected chi connectivity index (χ2v) is 5.98. The summed E-state index contributed by atoms with van der Waals surface area (Å²) in [4.78, 5) is 26.3. The molecule has 24 heavy (non-hydrogen) atoms. The van der Waals surface area contributed by atoms with Crippen LogP contribution in [0.2, 0.25) is 5.02 Å². The molecule has 3 rings (SSSR count). The van der Waals surface area contributed by atoms with E-state index in [4.69, 9.17) is 16.3 Å². The van der Waals surface area contributed by atoms with E-state index < -0.39 is 11.8 Å². The maximum Gasteiger partial charge on any atom is 0.314 e. The molecular weight excluding hydrogens is 328 g/mol. The molecule has 0 fully saturated rings. The Morgan fingerprint density at radius 3 is 2.67 bits per heavy atom. The first kappa shape index (κ1) is 16.3. The summed E-state index contributed by atoms with van der Waals surface area (Å²) < 4.78 is 5.17. The Hall–Kier alpha value is -2.53. The number of rotatable bonds is 2. The fourth-order valence-corrected chi connectivity index (χ4v) is 2.94. The van der Waals surface area contributed by atoms with Gasteiger partial charge in [0.05, 0.1) is 12.8 Å². The van der Waals surface area contributed by atoms with Crippen LogP contribution in [0, 0.1) is 0 Å². The first-order valence-electron chi connectivity index (χ1n) is 7.59. The van der Waals surface area contributed by atoms with E-state index in [9.17, 15) is 9.59 Å². The van der Waals surface area contributed by atoms with Crippen molar-refractivity contribution in [3.63, 3.8) is 0 Å². The molecule has 0 atom stereocenters. The topological polar surface area (TPSA) is 58.6 Å². The van der Waals surface area contributed by atoms with E-state index in [0.717, 1.165) is 12.0 Å². The molecule has 5 nitrogen and oxygen atoms in total. The summed E-state index contributed by atoms with van der Waals surface area (Å²) in [5.74, 6) is -0.814. The molecule has 0 aliphatic carbocycles. The van der Waals surface area contributed by atoms with Crippen LogP contribution in [0.1, 0.15) is 11.1 Å². The lowest BCUT2D eigenvalue weighted by molar-refractivity contribution is -0.143. The zero-order valence-electron chi connectivity index (χ0n) is 13.2. The lowest BCUT2D eigenvalue weighted by Crippen LogP contribution is -2.42. The number of carbonyl (C=O) groups excluding carboxylic acids is 2. The predicted octanol–water partition coefficient (Wildman–Crippen LogP) is 2.87. The number of methoxy groups -OCH3 is 1. The number of fused-ring (bicyclic) bond motifs is 1. The zero-order chi connectivity index (χ0) is 17.1. The Balaban J connectivity index is 1.72. The number of carbonyl (C=O) groups is 2. The summed E-state index contributed by atoms with van der Waals surface area (Å²) in [5, 5.41) is 3.03. The summed E-state index contributed by atoms with van der Waals surface area (Å²) in [6, 6.07) is 12.8. The number of anilines is 1. The van der Waals surface area contributed by atoms with Crippen LogP contribution < -0.4 is 10.1 Å². The van der Waals surface area contributed by atoms with Crippen molar-refractivity contribution >= 4 is 29.1 Å². The van der Waals surface area contributed by atoms with Gasteiger partial charge >= 0.3 is 11.8 Å². The molecule has 1 aliphatic heterocycles. The van der Waals surface area contributed by atoms with Crippen LogP contribution in [0.3, 0.4) is 0 Å². The van der Waals surface area contributed by atoms with E-state index in [1.807, 2.05) is 24.3 Å². The van der Waals surface area contributed by atoms with Crippen LogP contribution >= 0.6 is 11.6 Å². The van der Waals surface area contributed by atoms with Crippen LogP contribution in [-0.4, -0.2) is 30.4 Å². The van der Waals surface area contributed by atoms with Crippen LogP contribution in [0.15, 0.2) is 42.5 Å². The monoisotopic (exact) mass is 344 g/mol. The minimum Gasteiger partial charge on any atom is -0.495 e. The molecule has 0 unspecified atom stereocenters. The normalized spacial score (nSPS) is 13.2. The van der Waals surface area contributed by atoms with Crippen LogP contribution in [0.25, 0.3) is 0 Å². The number of amides is 2. The van der Waals surface area contributed by atoms with Crippen molar-refractivity contribution in [1.82, 2.24) is 4.90 Å². The van der Waals surface area contributed by atoms with E-state index in [0.29, 0.717) is 29.5 Å². The van der Waals surface area contributed by atoms with E-state index in [1.165, 1.54) is 12.7 Å². The third kappa shape index (κ3) is 3.36. The predicted molar refractivity (Wildman–Crippen MR) is 92.2 cm³/mol. The van der Waals surface area contributed by atoms with Gasteiger partial charge in [-0.1, -0.05) is 35.9 Å². The summed E-state index contributed by atoms with van der Waals surface area (Å²) in [5.41, 5.74) is 2.67. The number of benzene rings is 2. The van der Waals surface area contributed by atoms with Crippen LogP contribution in [-0.2, 0) is 22.6 Å². The summed E-state index contributed by atoms with van der Waals surface area (Å²) in [7, 11) is 1.49. The third-order valence-electron chi connectivity index (χ3n) is 4.02. The van der Waals surface area contributed by atoms with Gasteiger partial charge in [-0.05, 0) is 35.7 Å². The minimum absolute atomic E-state index is 0.376. The molecule has 0 aromatic heterocycles. The number of nitrogens with one attached hydrogen (secondary N) is 1. The molecule has 2 aromatic carbocycles. The molecule has 0 bridgehead atoms. The van der Waals surface area contributed by atoms with Crippen molar-refractivity contribution in [3.8, 4) is 5.75 Å². The highest BCUT2D eigenvalue weighted by molar-refractivity contribution is 6.40. The van der Waals surface area contributed by atoms with Crippen molar-refractivity contribution in [1.29, 1.82) is 0 Å². The van der Waals surface area contributed by atoms with Crippen molar-refractivity contribution in [2.24, 2.45) is 0 Å². The second-order valence-electron chi connectivity index (χ2n) is 5.54. The molecule has 1 aliphatic rings. The van der Waals surface area contributed by atoms with Gasteiger partial charge in [-0.25, -0.2) is 0 Å². The SMILES string of the molecule is COc1ccc(Cl)cc1NC(=O)C(=O)N1CCc2ccccc2C1. The van der Waals surface area contributed by atoms with Crippen molar-refractivity contribution in [2.75, 3.05) is 19.0 Å². The average molecular weight is 345 g/mol. The molecule has 6 heteroatoms. The molecule has 2 amide bonds. The van der Waals surface area contributed by atoms with Crippen molar-refractivity contribution in [2.45, 2.75) is 13.0 Å². The van der Waals surface area contributed by atoms with E-state index in [2.05, 4.69) is 5.32 Å². The first-order valence-corrected chi connectivity index (χ1v) is 7.97. The summed E-state index contributed by atoms with van der Waals surface area (Å²) >= 11 is 5.94. The molecule has 0 saturated carbocycles. The molecule has 0 spiro atoms. The average Bonchev–Trinajstić information content (AvgIpc) is 2.61. The lowest BCUT2D eigenvalue weighted by atomic mass is 10.00. The minimum atomic E-state index is -0.699. The highest BCUT2D eigenvalue weighted by atomic mass is 35.5. The van der Waals surface area contributed by atoms with Gasteiger partial charge in [0.15, 0.2) is 0 Å². The number of halogens is 1. The molecule has 124 valence electrons. The largest absolute Gasteiger partial charge is 0.495 e. The van der Waals surface area contributed by atoms with E-state index in [-0.39, 0.29) is 0 Å². The first-order chi connectivity index (χ1) is 11.6. The molecular formula is C18H17ClN2O3. The van der Waals surface area contributed by atoms with Gasteiger partial charge in [-0.3, -0.25) is 9.59 Å². The van der Waals surface area contributed by atoms with Crippen LogP contribution in [0.4, 0.5) is 5.69 Å². The maximum atomic E-state index is 12.4. The number of hydrogen-bond acceptors (Lipinski definition) is 3. The van der Waals surface area contributed by atoms with E-state index in [1.54, 1.807) is 23.1 Å². The van der Waals surface area contributed by atoms with Gasteiger partial charge in [-0.2, -0.15) is 0 Å². The van der Waals surface area contributed by atoms with Gasteiger partial charge in [0.1, 0.15) is 5.75 Å². The maximum absolute atomic E-state index is 12.4. The van der Waals surface area contributed by atoms with Crippen LogP contribution in [0.5, 0.6) is 5.75 Å². The fraction of sp³-hybridized carbons (Fsp3) is 0.222.